The first-order valence-corrected chi connectivity index (χ1v) is 9.60. The second-order valence-corrected chi connectivity index (χ2v) is 7.50. The molecule has 1 saturated heterocycles. The third kappa shape index (κ3) is 3.10. The Hall–Kier alpha value is -2.33. The number of likely N-dealkylation sites (tertiary alicyclic amines) is 1. The number of hydrogen-bond donors (Lipinski definition) is 0. The highest BCUT2D eigenvalue weighted by Gasteiger charge is 2.26. The van der Waals surface area contributed by atoms with Gasteiger partial charge in [0.2, 0.25) is 0 Å². The lowest BCUT2D eigenvalue weighted by atomic mass is 9.89. The Morgan fingerprint density at radius 1 is 1.12 bits per heavy atom. The first-order chi connectivity index (χ1) is 12.8. The van der Waals surface area contributed by atoms with Crippen molar-refractivity contribution in [2.24, 2.45) is 5.92 Å². The minimum atomic E-state index is 0.644. The SMILES string of the molecule is C1=C(C2CCCN(Cc3ccc4c(c3)OCCO4)C2)Cc2cccnc21. The monoisotopic (exact) mass is 348 g/mol. The van der Waals surface area contributed by atoms with Crippen LogP contribution in [0.25, 0.3) is 6.08 Å². The summed E-state index contributed by atoms with van der Waals surface area (Å²) in [6.45, 7) is 4.57. The second-order valence-electron chi connectivity index (χ2n) is 7.50. The lowest BCUT2D eigenvalue weighted by Crippen LogP contribution is -2.35. The number of nitrogens with zero attached hydrogens (tertiary/aromatic N) is 2. The van der Waals surface area contributed by atoms with Crippen molar-refractivity contribution in [2.45, 2.75) is 25.8 Å². The number of benzene rings is 1. The zero-order valence-electron chi connectivity index (χ0n) is 15.0. The largest absolute Gasteiger partial charge is 0.486 e. The summed E-state index contributed by atoms with van der Waals surface area (Å²) in [4.78, 5) is 7.10. The van der Waals surface area contributed by atoms with Gasteiger partial charge in [0.1, 0.15) is 13.2 Å². The molecule has 0 spiro atoms. The zero-order valence-corrected chi connectivity index (χ0v) is 15.0. The average Bonchev–Trinajstić information content (AvgIpc) is 3.12. The number of pyridine rings is 1. The van der Waals surface area contributed by atoms with E-state index in [9.17, 15) is 0 Å². The predicted octanol–water partition coefficient (Wildman–Crippen LogP) is 3.70. The van der Waals surface area contributed by atoms with Crippen LogP contribution in [0.2, 0.25) is 0 Å². The van der Waals surface area contributed by atoms with Gasteiger partial charge in [-0.2, -0.15) is 0 Å². The molecule has 1 fully saturated rings. The topological polar surface area (TPSA) is 34.6 Å². The number of piperidine rings is 1. The standard InChI is InChI=1S/C22H24N2O2/c1-3-17-12-19(13-20(17)23-7-1)18-4-2-8-24(15-18)14-16-5-6-21-22(11-16)26-10-9-25-21/h1,3,5-7,11,13,18H,2,4,8-10,12,14-15H2. The maximum absolute atomic E-state index is 5.73. The Morgan fingerprint density at radius 2 is 2.04 bits per heavy atom. The van der Waals surface area contributed by atoms with Gasteiger partial charge in [-0.05, 0) is 67.1 Å². The molecule has 3 aliphatic rings. The number of ether oxygens (including phenoxy) is 2. The summed E-state index contributed by atoms with van der Waals surface area (Å²) in [7, 11) is 0. The van der Waals surface area contributed by atoms with Gasteiger partial charge in [0, 0.05) is 19.3 Å². The third-order valence-electron chi connectivity index (χ3n) is 5.69. The Balaban J connectivity index is 1.27. The van der Waals surface area contributed by atoms with E-state index in [1.807, 2.05) is 18.3 Å². The quantitative estimate of drug-likeness (QED) is 0.847. The first kappa shape index (κ1) is 15.9. The van der Waals surface area contributed by atoms with Gasteiger partial charge in [-0.3, -0.25) is 9.88 Å². The molecule has 26 heavy (non-hydrogen) atoms. The molecular formula is C22H24N2O2. The van der Waals surface area contributed by atoms with Crippen LogP contribution in [0, 0.1) is 5.92 Å². The van der Waals surface area contributed by atoms with Gasteiger partial charge in [-0.25, -0.2) is 0 Å². The van der Waals surface area contributed by atoms with Crippen LogP contribution in [-0.4, -0.2) is 36.2 Å². The number of aromatic nitrogens is 1. The van der Waals surface area contributed by atoms with Crippen LogP contribution in [0.5, 0.6) is 11.5 Å². The Labute approximate surface area is 154 Å². The van der Waals surface area contributed by atoms with E-state index in [1.165, 1.54) is 36.2 Å². The molecule has 3 heterocycles. The summed E-state index contributed by atoms with van der Waals surface area (Å²) < 4.78 is 11.4. The summed E-state index contributed by atoms with van der Waals surface area (Å²) in [5.41, 5.74) is 5.42. The van der Waals surface area contributed by atoms with Crippen molar-refractivity contribution < 1.29 is 9.47 Å². The molecule has 2 aromatic rings. The van der Waals surface area contributed by atoms with Crippen molar-refractivity contribution in [1.82, 2.24) is 9.88 Å². The fraction of sp³-hybridized carbons (Fsp3) is 0.409. The van der Waals surface area contributed by atoms with Gasteiger partial charge in [0.25, 0.3) is 0 Å². The zero-order chi connectivity index (χ0) is 17.3. The van der Waals surface area contributed by atoms with E-state index >= 15 is 0 Å². The first-order valence-electron chi connectivity index (χ1n) is 9.60. The van der Waals surface area contributed by atoms with Crippen molar-refractivity contribution in [2.75, 3.05) is 26.3 Å². The minimum Gasteiger partial charge on any atom is -0.486 e. The Kier molecular flexibility index (Phi) is 4.13. The van der Waals surface area contributed by atoms with E-state index in [1.54, 1.807) is 5.57 Å². The summed E-state index contributed by atoms with van der Waals surface area (Å²) >= 11 is 0. The molecular weight excluding hydrogens is 324 g/mol. The molecule has 1 unspecified atom stereocenters. The predicted molar refractivity (Wildman–Crippen MR) is 101 cm³/mol. The smallest absolute Gasteiger partial charge is 0.161 e. The van der Waals surface area contributed by atoms with Crippen LogP contribution in [0.15, 0.2) is 42.1 Å². The summed E-state index contributed by atoms with van der Waals surface area (Å²) in [6, 6.07) is 10.6. The van der Waals surface area contributed by atoms with Gasteiger partial charge >= 0.3 is 0 Å². The Morgan fingerprint density at radius 3 is 2.96 bits per heavy atom. The maximum Gasteiger partial charge on any atom is 0.161 e. The molecule has 4 heteroatoms. The fourth-order valence-electron chi connectivity index (χ4n) is 4.39. The van der Waals surface area contributed by atoms with Gasteiger partial charge in [-0.1, -0.05) is 17.7 Å². The maximum atomic E-state index is 5.73. The van der Waals surface area contributed by atoms with Gasteiger partial charge in [0.15, 0.2) is 11.5 Å². The molecule has 1 atom stereocenters. The molecule has 1 aliphatic carbocycles. The molecule has 0 N–H and O–H groups in total. The number of fused-ring (bicyclic) bond motifs is 2. The van der Waals surface area contributed by atoms with Crippen molar-refractivity contribution in [3.63, 3.8) is 0 Å². The van der Waals surface area contributed by atoms with Crippen molar-refractivity contribution in [1.29, 1.82) is 0 Å². The summed E-state index contributed by atoms with van der Waals surface area (Å²) in [5.74, 6) is 2.41. The molecule has 1 aromatic heterocycles. The van der Waals surface area contributed by atoms with Crippen molar-refractivity contribution >= 4 is 6.08 Å². The lowest BCUT2D eigenvalue weighted by molar-refractivity contribution is 0.169. The highest BCUT2D eigenvalue weighted by Crippen LogP contribution is 2.34. The highest BCUT2D eigenvalue weighted by atomic mass is 16.6. The lowest BCUT2D eigenvalue weighted by Gasteiger charge is -2.33. The molecule has 4 nitrogen and oxygen atoms in total. The molecule has 1 aromatic carbocycles. The van der Waals surface area contributed by atoms with E-state index < -0.39 is 0 Å². The van der Waals surface area contributed by atoms with Crippen LogP contribution in [-0.2, 0) is 13.0 Å². The van der Waals surface area contributed by atoms with Crippen molar-refractivity contribution in [3.05, 3.63) is 58.9 Å². The second kappa shape index (κ2) is 6.76. The van der Waals surface area contributed by atoms with Crippen LogP contribution in [0.4, 0.5) is 0 Å². The summed E-state index contributed by atoms with van der Waals surface area (Å²) in [5, 5.41) is 0. The van der Waals surface area contributed by atoms with Crippen molar-refractivity contribution in [3.8, 4) is 11.5 Å². The van der Waals surface area contributed by atoms with E-state index in [2.05, 4.69) is 34.2 Å². The molecule has 5 rings (SSSR count). The van der Waals surface area contributed by atoms with Gasteiger partial charge < -0.3 is 9.47 Å². The van der Waals surface area contributed by atoms with E-state index in [0.717, 1.165) is 31.0 Å². The van der Waals surface area contributed by atoms with Gasteiger partial charge in [-0.15, -0.1) is 0 Å². The van der Waals surface area contributed by atoms with E-state index in [4.69, 9.17) is 9.47 Å². The number of hydrogen-bond acceptors (Lipinski definition) is 4. The number of rotatable bonds is 3. The normalized spacial score (nSPS) is 22.0. The Bertz CT molecular complexity index is 846. The summed E-state index contributed by atoms with van der Waals surface area (Å²) in [6.07, 6.45) is 7.85. The average molecular weight is 348 g/mol. The molecule has 0 radical (unpaired) electrons. The molecule has 0 saturated carbocycles. The van der Waals surface area contributed by atoms with Crippen LogP contribution < -0.4 is 9.47 Å². The fourth-order valence-corrected chi connectivity index (χ4v) is 4.39. The van der Waals surface area contributed by atoms with E-state index in [0.29, 0.717) is 19.1 Å². The van der Waals surface area contributed by atoms with Crippen LogP contribution in [0.1, 0.15) is 29.7 Å². The molecule has 134 valence electrons. The third-order valence-corrected chi connectivity index (χ3v) is 5.69. The highest BCUT2D eigenvalue weighted by molar-refractivity contribution is 5.60. The van der Waals surface area contributed by atoms with E-state index in [-0.39, 0.29) is 0 Å². The van der Waals surface area contributed by atoms with Gasteiger partial charge in [0.05, 0.1) is 5.69 Å². The van der Waals surface area contributed by atoms with Crippen LogP contribution >= 0.6 is 0 Å². The molecule has 2 aliphatic heterocycles. The molecule has 0 bridgehead atoms. The van der Waals surface area contributed by atoms with Crippen LogP contribution in [0.3, 0.4) is 0 Å². The molecule has 0 amide bonds. The minimum absolute atomic E-state index is 0.644.